The third-order valence-corrected chi connectivity index (χ3v) is 4.59. The summed E-state index contributed by atoms with van der Waals surface area (Å²) in [4.78, 5) is 16.7. The number of azide groups is 2. The van der Waals surface area contributed by atoms with E-state index in [0.717, 1.165) is 12.5 Å². The first-order valence-electron chi connectivity index (χ1n) is 7.56. The third-order valence-electron chi connectivity index (χ3n) is 2.73. The van der Waals surface area contributed by atoms with Gasteiger partial charge in [-0.05, 0) is 41.6 Å². The van der Waals surface area contributed by atoms with E-state index in [1.54, 1.807) is 0 Å². The van der Waals surface area contributed by atoms with Gasteiger partial charge >= 0.3 is 0 Å². The van der Waals surface area contributed by atoms with Crippen LogP contribution in [0.25, 0.3) is 20.9 Å². The van der Waals surface area contributed by atoms with Crippen molar-refractivity contribution in [1.82, 2.24) is 15.0 Å². The second kappa shape index (κ2) is 12.0. The molecule has 0 spiro atoms. The standard InChI is InChI=1S/C11H20N10O2Si/c1-3-22-11(23-4-2)24-7-5-6-14-8-15-9(18-20-12)17-10(16-8)19-21-13/h11H,3-7,24H2,1-2H3,(H,14,15,16,17). The molecule has 0 aromatic carbocycles. The van der Waals surface area contributed by atoms with E-state index in [4.69, 9.17) is 20.5 Å². The van der Waals surface area contributed by atoms with Gasteiger partial charge in [-0.15, -0.1) is 0 Å². The Kier molecular flexibility index (Phi) is 9.84. The van der Waals surface area contributed by atoms with Crippen molar-refractivity contribution in [2.45, 2.75) is 32.2 Å². The van der Waals surface area contributed by atoms with Crippen LogP contribution in [-0.4, -0.2) is 50.1 Å². The number of nitrogens with one attached hydrogen (secondary N) is 1. The molecule has 1 heterocycles. The first-order valence-corrected chi connectivity index (χ1v) is 9.38. The summed E-state index contributed by atoms with van der Waals surface area (Å²) in [6, 6.07) is 1.02. The highest BCUT2D eigenvalue weighted by molar-refractivity contribution is 6.36. The minimum atomic E-state index is -0.499. The van der Waals surface area contributed by atoms with E-state index < -0.39 is 9.52 Å². The molecule has 13 heteroatoms. The molecule has 0 atom stereocenters. The lowest BCUT2D eigenvalue weighted by Gasteiger charge is -2.16. The highest BCUT2D eigenvalue weighted by Crippen LogP contribution is 2.14. The van der Waals surface area contributed by atoms with E-state index >= 15 is 0 Å². The van der Waals surface area contributed by atoms with Crippen LogP contribution in [0.1, 0.15) is 20.3 Å². The number of nitrogens with zero attached hydrogens (tertiary/aromatic N) is 9. The Morgan fingerprint density at radius 2 is 1.67 bits per heavy atom. The number of anilines is 1. The van der Waals surface area contributed by atoms with Crippen molar-refractivity contribution in [3.05, 3.63) is 20.9 Å². The maximum Gasteiger partial charge on any atom is 0.226 e. The molecule has 0 aliphatic heterocycles. The highest BCUT2D eigenvalue weighted by atomic mass is 28.2. The summed E-state index contributed by atoms with van der Waals surface area (Å²) in [5, 5.41) is 9.57. The minimum Gasteiger partial charge on any atom is -0.357 e. The molecule has 0 bridgehead atoms. The van der Waals surface area contributed by atoms with Crippen molar-refractivity contribution in [3.63, 3.8) is 0 Å². The highest BCUT2D eigenvalue weighted by Gasteiger charge is 2.08. The SMILES string of the molecule is CCOC(OCC)[SiH2]CCCNc1nc(N=[N+]=[N-])nc(N=[N+]=[N-])n1. The maximum atomic E-state index is 8.43. The maximum absolute atomic E-state index is 8.43. The zero-order valence-corrected chi connectivity index (χ0v) is 15.1. The van der Waals surface area contributed by atoms with Gasteiger partial charge in [0, 0.05) is 29.6 Å². The van der Waals surface area contributed by atoms with Gasteiger partial charge in [-0.3, -0.25) is 0 Å². The molecule has 1 aromatic heterocycles. The molecule has 12 nitrogen and oxygen atoms in total. The number of ether oxygens (including phenoxy) is 2. The predicted octanol–water partition coefficient (Wildman–Crippen LogP) is 2.50. The summed E-state index contributed by atoms with van der Waals surface area (Å²) in [5.41, 5.74) is 16.9. The Bertz CT molecular complexity index is 560. The molecule has 0 fully saturated rings. The zero-order chi connectivity index (χ0) is 17.6. The van der Waals surface area contributed by atoms with E-state index in [-0.39, 0.29) is 23.8 Å². The van der Waals surface area contributed by atoms with Gasteiger partial charge < -0.3 is 14.8 Å². The fraction of sp³-hybridized carbons (Fsp3) is 0.727. The van der Waals surface area contributed by atoms with Crippen molar-refractivity contribution in [3.8, 4) is 0 Å². The molecule has 0 unspecified atom stereocenters. The van der Waals surface area contributed by atoms with Crippen LogP contribution >= 0.6 is 0 Å². The van der Waals surface area contributed by atoms with Crippen LogP contribution in [0.15, 0.2) is 10.2 Å². The molecular formula is C11H20N10O2Si. The van der Waals surface area contributed by atoms with Gasteiger partial charge in [0.05, 0.1) is 9.52 Å². The number of rotatable bonds is 12. The molecule has 130 valence electrons. The Hall–Kier alpha value is -2.43. The van der Waals surface area contributed by atoms with Crippen molar-refractivity contribution in [2.75, 3.05) is 25.1 Å². The van der Waals surface area contributed by atoms with Crippen molar-refractivity contribution in [1.29, 1.82) is 0 Å². The molecule has 1 N–H and O–H groups in total. The average molecular weight is 352 g/mol. The second-order valence-electron chi connectivity index (χ2n) is 4.40. The molecular weight excluding hydrogens is 332 g/mol. The van der Waals surface area contributed by atoms with Crippen LogP contribution in [0.2, 0.25) is 6.04 Å². The van der Waals surface area contributed by atoms with Crippen LogP contribution < -0.4 is 5.32 Å². The van der Waals surface area contributed by atoms with Crippen LogP contribution in [0.3, 0.4) is 0 Å². The van der Waals surface area contributed by atoms with Gasteiger partial charge in [0.25, 0.3) is 0 Å². The largest absolute Gasteiger partial charge is 0.357 e. The number of hydrogen-bond donors (Lipinski definition) is 1. The number of aromatic nitrogens is 3. The first kappa shape index (κ1) is 19.6. The van der Waals surface area contributed by atoms with E-state index in [1.165, 1.54) is 0 Å². The van der Waals surface area contributed by atoms with Gasteiger partial charge in [-0.1, -0.05) is 6.04 Å². The van der Waals surface area contributed by atoms with Crippen LogP contribution in [0.5, 0.6) is 0 Å². The lowest BCUT2D eigenvalue weighted by molar-refractivity contribution is -0.0827. The summed E-state index contributed by atoms with van der Waals surface area (Å²) in [5.74, 6) is -0.160. The van der Waals surface area contributed by atoms with Crippen LogP contribution in [0, 0.1) is 0 Å². The van der Waals surface area contributed by atoms with Gasteiger partial charge in [0.1, 0.15) is 5.91 Å². The van der Waals surface area contributed by atoms with Gasteiger partial charge in [0.2, 0.25) is 17.8 Å². The summed E-state index contributed by atoms with van der Waals surface area (Å²) in [7, 11) is -0.499. The van der Waals surface area contributed by atoms with Crippen molar-refractivity contribution in [2.24, 2.45) is 10.2 Å². The Labute approximate surface area is 141 Å². The molecule has 1 aromatic rings. The lowest BCUT2D eigenvalue weighted by atomic mass is 10.5. The van der Waals surface area contributed by atoms with E-state index in [0.29, 0.717) is 19.8 Å². The lowest BCUT2D eigenvalue weighted by Crippen LogP contribution is -2.24. The first-order chi connectivity index (χ1) is 11.7. The smallest absolute Gasteiger partial charge is 0.226 e. The van der Waals surface area contributed by atoms with E-state index in [9.17, 15) is 0 Å². The van der Waals surface area contributed by atoms with Gasteiger partial charge in [-0.2, -0.15) is 9.97 Å². The summed E-state index contributed by atoms with van der Waals surface area (Å²) >= 11 is 0. The second-order valence-corrected chi connectivity index (χ2v) is 6.35. The topological polar surface area (TPSA) is 167 Å². The van der Waals surface area contributed by atoms with Gasteiger partial charge in [0.15, 0.2) is 0 Å². The molecule has 0 saturated carbocycles. The fourth-order valence-corrected chi connectivity index (χ4v) is 3.50. The van der Waals surface area contributed by atoms with E-state index in [1.807, 2.05) is 13.8 Å². The zero-order valence-electron chi connectivity index (χ0n) is 13.7. The summed E-state index contributed by atoms with van der Waals surface area (Å²) in [6.45, 7) is 5.81. The monoisotopic (exact) mass is 352 g/mol. The van der Waals surface area contributed by atoms with Crippen molar-refractivity contribution >= 4 is 27.4 Å². The molecule has 1 rings (SSSR count). The average Bonchev–Trinajstić information content (AvgIpc) is 2.55. The summed E-state index contributed by atoms with van der Waals surface area (Å²) in [6.07, 6.45) is 0.891. The number of hydrogen-bond acceptors (Lipinski definition) is 8. The minimum absolute atomic E-state index is 0.0506. The molecule has 0 radical (unpaired) electrons. The quantitative estimate of drug-likeness (QED) is 0.151. The molecule has 0 aliphatic carbocycles. The Morgan fingerprint density at radius 3 is 2.17 bits per heavy atom. The van der Waals surface area contributed by atoms with Crippen LogP contribution in [0.4, 0.5) is 17.8 Å². The molecule has 0 aliphatic rings. The van der Waals surface area contributed by atoms with Crippen molar-refractivity contribution < 1.29 is 9.47 Å². The van der Waals surface area contributed by atoms with Gasteiger partial charge in [-0.25, -0.2) is 4.98 Å². The van der Waals surface area contributed by atoms with E-state index in [2.05, 4.69) is 40.3 Å². The predicted molar refractivity (Wildman–Crippen MR) is 90.9 cm³/mol. The Morgan fingerprint density at radius 1 is 1.08 bits per heavy atom. The summed E-state index contributed by atoms with van der Waals surface area (Å²) < 4.78 is 11.1. The third kappa shape index (κ3) is 7.72. The van der Waals surface area contributed by atoms with Crippen LogP contribution in [-0.2, 0) is 9.47 Å². The molecule has 0 amide bonds. The normalized spacial score (nSPS) is 10.6. The molecule has 0 saturated heterocycles. The fourth-order valence-electron chi connectivity index (χ4n) is 1.83. The Balaban J connectivity index is 2.49. The molecule has 24 heavy (non-hydrogen) atoms.